The average Bonchev–Trinajstić information content (AvgIpc) is 2.48. The van der Waals surface area contributed by atoms with Crippen LogP contribution in [0.2, 0.25) is 0 Å². The lowest BCUT2D eigenvalue weighted by atomic mass is 9.98. The molecule has 0 saturated carbocycles. The van der Waals surface area contributed by atoms with Crippen LogP contribution in [0.4, 0.5) is 5.88 Å². The van der Waals surface area contributed by atoms with Gasteiger partial charge in [0.25, 0.3) is 0 Å². The van der Waals surface area contributed by atoms with Gasteiger partial charge in [-0.2, -0.15) is 0 Å². The van der Waals surface area contributed by atoms with Gasteiger partial charge in [-0.25, -0.2) is 0 Å². The molecule has 72 valence electrons. The molecule has 0 bridgehead atoms. The van der Waals surface area contributed by atoms with E-state index >= 15 is 0 Å². The molecule has 1 aliphatic heterocycles. The van der Waals surface area contributed by atoms with Crippen molar-refractivity contribution in [2.75, 3.05) is 12.3 Å². The Labute approximate surface area is 77.5 Å². The van der Waals surface area contributed by atoms with Crippen LogP contribution in [0, 0.1) is 6.92 Å². The Morgan fingerprint density at radius 1 is 1.54 bits per heavy atom. The monoisotopic (exact) mass is 181 g/mol. The minimum Gasteiger partial charge on any atom is -0.367 e. The molecule has 1 aliphatic rings. The molecule has 13 heavy (non-hydrogen) atoms. The SMILES string of the molecule is Cc1noc(N)c1C1CCCCN1. The van der Waals surface area contributed by atoms with Crippen LogP contribution >= 0.6 is 0 Å². The number of piperidine rings is 1. The minimum atomic E-state index is 0.347. The molecular formula is C9H15N3O. The van der Waals surface area contributed by atoms with Crippen LogP contribution in [-0.2, 0) is 0 Å². The van der Waals surface area contributed by atoms with Crippen molar-refractivity contribution in [2.45, 2.75) is 32.2 Å². The van der Waals surface area contributed by atoms with Crippen LogP contribution < -0.4 is 11.1 Å². The van der Waals surface area contributed by atoms with E-state index in [4.69, 9.17) is 10.3 Å². The fraction of sp³-hybridized carbons (Fsp3) is 0.667. The van der Waals surface area contributed by atoms with E-state index in [0.717, 1.165) is 24.2 Å². The van der Waals surface area contributed by atoms with Crippen molar-refractivity contribution < 1.29 is 4.52 Å². The van der Waals surface area contributed by atoms with Crippen LogP contribution in [0.1, 0.15) is 36.6 Å². The quantitative estimate of drug-likeness (QED) is 0.687. The van der Waals surface area contributed by atoms with Crippen molar-refractivity contribution in [3.05, 3.63) is 11.3 Å². The van der Waals surface area contributed by atoms with E-state index in [1.54, 1.807) is 0 Å². The molecule has 0 aromatic carbocycles. The lowest BCUT2D eigenvalue weighted by Gasteiger charge is -2.22. The van der Waals surface area contributed by atoms with E-state index in [1.165, 1.54) is 12.8 Å². The Kier molecular flexibility index (Phi) is 2.22. The summed E-state index contributed by atoms with van der Waals surface area (Å²) < 4.78 is 4.94. The Bertz CT molecular complexity index is 270. The molecule has 1 unspecified atom stereocenters. The van der Waals surface area contributed by atoms with E-state index in [0.29, 0.717) is 11.9 Å². The summed E-state index contributed by atoms with van der Waals surface area (Å²) >= 11 is 0. The van der Waals surface area contributed by atoms with Gasteiger partial charge in [0.1, 0.15) is 0 Å². The number of rotatable bonds is 1. The second kappa shape index (κ2) is 3.38. The van der Waals surface area contributed by atoms with Crippen LogP contribution in [0.25, 0.3) is 0 Å². The summed E-state index contributed by atoms with van der Waals surface area (Å²) in [6.07, 6.45) is 3.63. The summed E-state index contributed by atoms with van der Waals surface area (Å²) in [4.78, 5) is 0. The van der Waals surface area contributed by atoms with E-state index < -0.39 is 0 Å². The third kappa shape index (κ3) is 1.54. The van der Waals surface area contributed by atoms with Gasteiger partial charge in [0.05, 0.1) is 11.3 Å². The van der Waals surface area contributed by atoms with Gasteiger partial charge in [0.2, 0.25) is 5.88 Å². The number of nitrogens with zero attached hydrogens (tertiary/aromatic N) is 1. The molecule has 1 aromatic heterocycles. The van der Waals surface area contributed by atoms with Gasteiger partial charge >= 0.3 is 0 Å². The molecule has 0 aliphatic carbocycles. The average molecular weight is 181 g/mol. The molecule has 1 atom stereocenters. The van der Waals surface area contributed by atoms with Gasteiger partial charge in [-0.05, 0) is 26.3 Å². The molecule has 0 radical (unpaired) electrons. The van der Waals surface area contributed by atoms with E-state index in [9.17, 15) is 0 Å². The van der Waals surface area contributed by atoms with Crippen LogP contribution in [0.15, 0.2) is 4.52 Å². The van der Waals surface area contributed by atoms with Gasteiger partial charge in [-0.1, -0.05) is 11.6 Å². The topological polar surface area (TPSA) is 64.1 Å². The molecule has 4 nitrogen and oxygen atoms in total. The predicted molar refractivity (Wildman–Crippen MR) is 50.2 cm³/mol. The number of nitrogens with one attached hydrogen (secondary N) is 1. The first-order valence-electron chi connectivity index (χ1n) is 4.74. The summed E-state index contributed by atoms with van der Waals surface area (Å²) in [5, 5.41) is 7.27. The maximum Gasteiger partial charge on any atom is 0.227 e. The van der Waals surface area contributed by atoms with Crippen molar-refractivity contribution in [1.82, 2.24) is 10.5 Å². The summed E-state index contributed by atoms with van der Waals surface area (Å²) in [6, 6.07) is 0.347. The Morgan fingerprint density at radius 3 is 2.92 bits per heavy atom. The smallest absolute Gasteiger partial charge is 0.227 e. The highest BCUT2D eigenvalue weighted by Crippen LogP contribution is 2.29. The molecule has 4 heteroatoms. The number of hydrogen-bond donors (Lipinski definition) is 2. The molecule has 0 amide bonds. The molecule has 1 saturated heterocycles. The molecule has 1 fully saturated rings. The third-order valence-corrected chi connectivity index (χ3v) is 2.59. The number of aromatic nitrogens is 1. The number of nitrogens with two attached hydrogens (primary N) is 1. The number of hydrogen-bond acceptors (Lipinski definition) is 4. The molecular weight excluding hydrogens is 166 g/mol. The fourth-order valence-electron chi connectivity index (χ4n) is 1.92. The first kappa shape index (κ1) is 8.56. The number of anilines is 1. The first-order chi connectivity index (χ1) is 6.29. The largest absolute Gasteiger partial charge is 0.367 e. The van der Waals surface area contributed by atoms with E-state index in [-0.39, 0.29) is 0 Å². The van der Waals surface area contributed by atoms with Crippen molar-refractivity contribution in [2.24, 2.45) is 0 Å². The van der Waals surface area contributed by atoms with Crippen molar-refractivity contribution in [1.29, 1.82) is 0 Å². The minimum absolute atomic E-state index is 0.347. The zero-order valence-corrected chi connectivity index (χ0v) is 7.84. The maximum absolute atomic E-state index is 5.70. The van der Waals surface area contributed by atoms with Gasteiger partial charge in [-0.3, -0.25) is 0 Å². The maximum atomic E-state index is 5.70. The highest BCUT2D eigenvalue weighted by Gasteiger charge is 2.22. The Balaban J connectivity index is 2.22. The summed E-state index contributed by atoms with van der Waals surface area (Å²) in [6.45, 7) is 3.00. The van der Waals surface area contributed by atoms with Crippen molar-refractivity contribution in [3.63, 3.8) is 0 Å². The zero-order chi connectivity index (χ0) is 9.26. The highest BCUT2D eigenvalue weighted by molar-refractivity contribution is 5.41. The van der Waals surface area contributed by atoms with Crippen LogP contribution in [0.3, 0.4) is 0 Å². The molecule has 2 heterocycles. The van der Waals surface area contributed by atoms with Gasteiger partial charge in [0, 0.05) is 6.04 Å². The second-order valence-corrected chi connectivity index (χ2v) is 3.55. The van der Waals surface area contributed by atoms with E-state index in [1.807, 2.05) is 6.92 Å². The normalized spacial score (nSPS) is 23.3. The fourth-order valence-corrected chi connectivity index (χ4v) is 1.92. The lowest BCUT2D eigenvalue weighted by molar-refractivity contribution is 0.407. The van der Waals surface area contributed by atoms with Gasteiger partial charge in [-0.15, -0.1) is 0 Å². The van der Waals surface area contributed by atoms with Gasteiger partial charge in [0.15, 0.2) is 0 Å². The highest BCUT2D eigenvalue weighted by atomic mass is 16.5. The van der Waals surface area contributed by atoms with Crippen molar-refractivity contribution >= 4 is 5.88 Å². The molecule has 3 N–H and O–H groups in total. The molecule has 2 rings (SSSR count). The molecule has 0 spiro atoms. The summed E-state index contributed by atoms with van der Waals surface area (Å²) in [5.41, 5.74) is 7.67. The summed E-state index contributed by atoms with van der Waals surface area (Å²) in [5.74, 6) is 0.469. The van der Waals surface area contributed by atoms with Crippen LogP contribution in [-0.4, -0.2) is 11.7 Å². The standard InChI is InChI=1S/C9H15N3O/c1-6-8(9(10)13-12-6)7-4-2-3-5-11-7/h7,11H,2-5,10H2,1H3. The van der Waals surface area contributed by atoms with E-state index in [2.05, 4.69) is 10.5 Å². The summed E-state index contributed by atoms with van der Waals surface area (Å²) in [7, 11) is 0. The van der Waals surface area contributed by atoms with Crippen molar-refractivity contribution in [3.8, 4) is 0 Å². The Hall–Kier alpha value is -1.03. The Morgan fingerprint density at radius 2 is 2.38 bits per heavy atom. The third-order valence-electron chi connectivity index (χ3n) is 2.59. The number of nitrogen functional groups attached to an aromatic ring is 1. The van der Waals surface area contributed by atoms with Crippen LogP contribution in [0.5, 0.6) is 0 Å². The second-order valence-electron chi connectivity index (χ2n) is 3.55. The first-order valence-corrected chi connectivity index (χ1v) is 4.74. The predicted octanol–water partition coefficient (Wildman–Crippen LogP) is 1.38. The number of aryl methyl sites for hydroxylation is 1. The lowest BCUT2D eigenvalue weighted by Crippen LogP contribution is -2.27. The zero-order valence-electron chi connectivity index (χ0n) is 7.84. The van der Waals surface area contributed by atoms with Gasteiger partial charge < -0.3 is 15.6 Å². The molecule has 1 aromatic rings.